The van der Waals surface area contributed by atoms with Crippen molar-refractivity contribution < 1.29 is 9.53 Å². The van der Waals surface area contributed by atoms with Crippen LogP contribution in [0.3, 0.4) is 0 Å². The molecule has 1 aliphatic heterocycles. The number of nitrogens with zero attached hydrogens (tertiary/aromatic N) is 4. The summed E-state index contributed by atoms with van der Waals surface area (Å²) in [6.45, 7) is 6.32. The van der Waals surface area contributed by atoms with E-state index < -0.39 is 6.10 Å². The fourth-order valence-corrected chi connectivity index (χ4v) is 3.18. The number of nitriles is 1. The third kappa shape index (κ3) is 4.65. The van der Waals surface area contributed by atoms with Crippen molar-refractivity contribution in [3.63, 3.8) is 0 Å². The van der Waals surface area contributed by atoms with Crippen LogP contribution in [0, 0.1) is 18.4 Å². The van der Waals surface area contributed by atoms with Gasteiger partial charge in [-0.2, -0.15) is 5.26 Å². The summed E-state index contributed by atoms with van der Waals surface area (Å²) in [5, 5.41) is 9.41. The van der Waals surface area contributed by atoms with Gasteiger partial charge in [0.25, 0.3) is 5.91 Å². The summed E-state index contributed by atoms with van der Waals surface area (Å²) in [6.07, 6.45) is 3.20. The number of hydrogen-bond acceptors (Lipinski definition) is 5. The van der Waals surface area contributed by atoms with Gasteiger partial charge in [0.15, 0.2) is 11.3 Å². The predicted molar refractivity (Wildman–Crippen MR) is 96.0 cm³/mol. The maximum Gasteiger partial charge on any atom is 0.263 e. The molecule has 1 unspecified atom stereocenters. The highest BCUT2D eigenvalue weighted by Gasteiger charge is 2.27. The topological polar surface area (TPSA) is 68.9 Å². The first-order chi connectivity index (χ1) is 11.5. The number of rotatable bonds is 3. The van der Waals surface area contributed by atoms with Crippen molar-refractivity contribution in [2.24, 2.45) is 4.99 Å². The third-order valence-corrected chi connectivity index (χ3v) is 4.55. The Morgan fingerprint density at radius 3 is 2.58 bits per heavy atom. The summed E-state index contributed by atoms with van der Waals surface area (Å²) in [5.74, 6) is 0.694. The van der Waals surface area contributed by atoms with Gasteiger partial charge >= 0.3 is 0 Å². The van der Waals surface area contributed by atoms with Crippen LogP contribution in [-0.4, -0.2) is 59.4 Å². The summed E-state index contributed by atoms with van der Waals surface area (Å²) >= 11 is 1.45. The van der Waals surface area contributed by atoms with Gasteiger partial charge in [0.05, 0.1) is 0 Å². The van der Waals surface area contributed by atoms with Crippen LogP contribution in [0.2, 0.25) is 0 Å². The van der Waals surface area contributed by atoms with E-state index in [0.29, 0.717) is 37.1 Å². The predicted octanol–water partition coefficient (Wildman–Crippen LogP) is 2.11. The molecule has 1 aliphatic rings. The molecule has 0 bridgehead atoms. The van der Waals surface area contributed by atoms with Gasteiger partial charge in [0.1, 0.15) is 5.75 Å². The molecule has 2 rings (SSSR count). The van der Waals surface area contributed by atoms with Crippen molar-refractivity contribution in [3.8, 4) is 11.9 Å². The minimum Gasteiger partial charge on any atom is -0.481 e. The molecule has 0 radical (unpaired) electrons. The van der Waals surface area contributed by atoms with Crippen molar-refractivity contribution in [1.29, 1.82) is 5.26 Å². The lowest BCUT2D eigenvalue weighted by atomic mass is 10.2. The van der Waals surface area contributed by atoms with E-state index in [0.717, 1.165) is 5.56 Å². The van der Waals surface area contributed by atoms with Crippen LogP contribution in [0.1, 0.15) is 12.5 Å². The van der Waals surface area contributed by atoms with Crippen molar-refractivity contribution >= 4 is 22.8 Å². The second-order valence-electron chi connectivity index (χ2n) is 5.59. The van der Waals surface area contributed by atoms with E-state index in [-0.39, 0.29) is 5.91 Å². The van der Waals surface area contributed by atoms with Crippen LogP contribution in [0.25, 0.3) is 0 Å². The molecule has 1 heterocycles. The lowest BCUT2D eigenvalue weighted by Gasteiger charge is -2.36. The summed E-state index contributed by atoms with van der Waals surface area (Å²) in [4.78, 5) is 20.2. The highest BCUT2D eigenvalue weighted by atomic mass is 32.2. The number of carbonyl (C=O) groups excluding carboxylic acids is 1. The highest BCUT2D eigenvalue weighted by Crippen LogP contribution is 2.16. The second-order valence-corrected chi connectivity index (χ2v) is 6.36. The molecule has 6 nitrogen and oxygen atoms in total. The Kier molecular flexibility index (Phi) is 6.50. The first kappa shape index (κ1) is 18.1. The standard InChI is InChI=1S/C17H22N4O2S/c1-13-5-4-6-15(11-13)23-14(2)16(22)20-7-9-21(10-8-20)17(24-3)19-12-18/h4-6,11,14H,7-10H2,1-3H3/b19-17-. The second kappa shape index (κ2) is 8.60. The summed E-state index contributed by atoms with van der Waals surface area (Å²) in [5.41, 5.74) is 1.10. The zero-order chi connectivity index (χ0) is 17.5. The van der Waals surface area contributed by atoms with Gasteiger partial charge in [-0.3, -0.25) is 4.79 Å². The summed E-state index contributed by atoms with van der Waals surface area (Å²) < 4.78 is 5.77. The molecule has 1 saturated heterocycles. The molecule has 1 atom stereocenters. The molecule has 7 heteroatoms. The first-order valence-corrected chi connectivity index (χ1v) is 9.05. The van der Waals surface area contributed by atoms with E-state index in [9.17, 15) is 4.79 Å². The normalized spacial score (nSPS) is 16.5. The SMILES string of the molecule is CS/C(=N\C#N)N1CCN(C(=O)C(C)Oc2cccc(C)c2)CC1. The van der Waals surface area contributed by atoms with Crippen LogP contribution < -0.4 is 4.74 Å². The average molecular weight is 346 g/mol. The summed E-state index contributed by atoms with van der Waals surface area (Å²) in [7, 11) is 0. The highest BCUT2D eigenvalue weighted by molar-refractivity contribution is 8.13. The van der Waals surface area contributed by atoms with Gasteiger partial charge < -0.3 is 14.5 Å². The average Bonchev–Trinajstić information content (AvgIpc) is 2.59. The Labute approximate surface area is 147 Å². The number of carbonyl (C=O) groups is 1. The number of aryl methyl sites for hydroxylation is 1. The van der Waals surface area contributed by atoms with E-state index in [1.807, 2.05) is 48.5 Å². The number of piperazine rings is 1. The van der Waals surface area contributed by atoms with Crippen LogP contribution in [0.5, 0.6) is 5.75 Å². The molecule has 128 valence electrons. The maximum absolute atomic E-state index is 12.6. The fourth-order valence-electron chi connectivity index (χ4n) is 2.61. The van der Waals surface area contributed by atoms with Crippen molar-refractivity contribution in [1.82, 2.24) is 9.80 Å². The molecule has 24 heavy (non-hydrogen) atoms. The smallest absolute Gasteiger partial charge is 0.263 e. The van der Waals surface area contributed by atoms with Crippen LogP contribution >= 0.6 is 11.8 Å². The number of aliphatic imine (C=N–C) groups is 1. The lowest BCUT2D eigenvalue weighted by molar-refractivity contribution is -0.139. The van der Waals surface area contributed by atoms with Crippen molar-refractivity contribution in [2.75, 3.05) is 32.4 Å². The Bertz CT molecular complexity index is 648. The Morgan fingerprint density at radius 1 is 1.33 bits per heavy atom. The van der Waals surface area contributed by atoms with E-state index in [4.69, 9.17) is 10.00 Å². The minimum atomic E-state index is -0.522. The monoisotopic (exact) mass is 346 g/mol. The molecule has 1 aromatic rings. The molecule has 0 aromatic heterocycles. The van der Waals surface area contributed by atoms with Crippen molar-refractivity contribution in [2.45, 2.75) is 20.0 Å². The van der Waals surface area contributed by atoms with Gasteiger partial charge in [-0.05, 0) is 37.8 Å². The zero-order valence-corrected chi connectivity index (χ0v) is 15.0. The van der Waals surface area contributed by atoms with Crippen LogP contribution in [0.15, 0.2) is 29.3 Å². The maximum atomic E-state index is 12.6. The van der Waals surface area contributed by atoms with Gasteiger partial charge in [-0.15, -0.1) is 4.99 Å². The molecule has 0 saturated carbocycles. The molecule has 1 amide bonds. The number of amidine groups is 1. The number of benzene rings is 1. The van der Waals surface area contributed by atoms with Gasteiger partial charge in [0, 0.05) is 26.2 Å². The Balaban J connectivity index is 1.90. The van der Waals surface area contributed by atoms with Crippen molar-refractivity contribution in [3.05, 3.63) is 29.8 Å². The largest absolute Gasteiger partial charge is 0.481 e. The molecule has 0 N–H and O–H groups in total. The number of amides is 1. The van der Waals surface area contributed by atoms with Crippen LogP contribution in [0.4, 0.5) is 0 Å². The van der Waals surface area contributed by atoms with E-state index in [1.54, 1.807) is 11.8 Å². The van der Waals surface area contributed by atoms with Gasteiger partial charge in [-0.1, -0.05) is 23.9 Å². The summed E-state index contributed by atoms with van der Waals surface area (Å²) in [6, 6.07) is 7.69. The number of thioether (sulfide) groups is 1. The van der Waals surface area contributed by atoms with Gasteiger partial charge in [0.2, 0.25) is 6.19 Å². The Morgan fingerprint density at radius 2 is 2.00 bits per heavy atom. The molecule has 1 fully saturated rings. The minimum absolute atomic E-state index is 0.0147. The number of hydrogen-bond donors (Lipinski definition) is 0. The quantitative estimate of drug-likeness (QED) is 0.476. The third-order valence-electron chi connectivity index (χ3n) is 3.84. The van der Waals surface area contributed by atoms with Crippen LogP contribution in [-0.2, 0) is 4.79 Å². The van der Waals surface area contributed by atoms with E-state index >= 15 is 0 Å². The fraction of sp³-hybridized carbons (Fsp3) is 0.471. The molecule has 0 spiro atoms. The zero-order valence-electron chi connectivity index (χ0n) is 14.2. The molecular formula is C17H22N4O2S. The Hall–Kier alpha value is -2.20. The molecular weight excluding hydrogens is 324 g/mol. The number of ether oxygens (including phenoxy) is 1. The van der Waals surface area contributed by atoms with E-state index in [2.05, 4.69) is 4.99 Å². The molecule has 1 aromatic carbocycles. The first-order valence-electron chi connectivity index (χ1n) is 7.83. The van der Waals surface area contributed by atoms with Gasteiger partial charge in [-0.25, -0.2) is 0 Å². The van der Waals surface area contributed by atoms with E-state index in [1.165, 1.54) is 11.8 Å². The molecule has 0 aliphatic carbocycles. The lowest BCUT2D eigenvalue weighted by Crippen LogP contribution is -2.52.